The van der Waals surface area contributed by atoms with Crippen molar-refractivity contribution in [3.8, 4) is 0 Å². The lowest BCUT2D eigenvalue weighted by atomic mass is 9.93. The number of sulfonamides is 1. The number of furan rings is 1. The molecule has 0 saturated heterocycles. The third-order valence-electron chi connectivity index (χ3n) is 5.49. The highest BCUT2D eigenvalue weighted by Crippen LogP contribution is 2.30. The molecule has 3 N–H and O–H groups in total. The van der Waals surface area contributed by atoms with Gasteiger partial charge in [-0.3, -0.25) is 20.4 Å². The van der Waals surface area contributed by atoms with Crippen LogP contribution in [0.2, 0.25) is 0 Å². The fraction of sp³-hybridized carbons (Fsp3) is 0.208. The maximum Gasteiger partial charge on any atom is 0.305 e. The van der Waals surface area contributed by atoms with E-state index in [2.05, 4.69) is 20.8 Å². The highest BCUT2D eigenvalue weighted by atomic mass is 32.2. The van der Waals surface area contributed by atoms with Crippen LogP contribution < -0.4 is 15.7 Å². The summed E-state index contributed by atoms with van der Waals surface area (Å²) < 4.78 is 31.0. The van der Waals surface area contributed by atoms with Gasteiger partial charge in [0.2, 0.25) is 0 Å². The average molecular weight is 481 g/mol. The Labute approximate surface area is 197 Å². The topological polar surface area (TPSA) is 130 Å². The van der Waals surface area contributed by atoms with Gasteiger partial charge in [-0.05, 0) is 51.0 Å². The molecule has 4 rings (SSSR count). The number of benzene rings is 2. The zero-order valence-corrected chi connectivity index (χ0v) is 19.5. The lowest BCUT2D eigenvalue weighted by Gasteiger charge is -2.14. The summed E-state index contributed by atoms with van der Waals surface area (Å²) in [5.74, 6) is -0.489. The Balaban J connectivity index is 1.52. The Kier molecular flexibility index (Phi) is 6.51. The zero-order chi connectivity index (χ0) is 24.3. The zero-order valence-electron chi connectivity index (χ0n) is 18.7. The minimum absolute atomic E-state index is 0.0364. The van der Waals surface area contributed by atoms with Gasteiger partial charge in [0.05, 0.1) is 10.6 Å². The second-order valence-electron chi connectivity index (χ2n) is 7.95. The molecule has 2 aromatic carbocycles. The monoisotopic (exact) mass is 480 g/mol. The van der Waals surface area contributed by atoms with E-state index in [4.69, 9.17) is 4.42 Å². The molecule has 0 saturated carbocycles. The molecule has 0 fully saturated rings. The molecular formula is C24H24N4O5S. The molecule has 1 aliphatic rings. The van der Waals surface area contributed by atoms with E-state index in [0.717, 1.165) is 5.56 Å². The van der Waals surface area contributed by atoms with E-state index in [9.17, 15) is 18.0 Å². The van der Waals surface area contributed by atoms with Crippen LogP contribution in [0.15, 0.2) is 69.0 Å². The molecule has 1 heterocycles. The van der Waals surface area contributed by atoms with Crippen molar-refractivity contribution >= 4 is 27.5 Å². The molecule has 1 aliphatic carbocycles. The van der Waals surface area contributed by atoms with Crippen molar-refractivity contribution in [3.05, 3.63) is 88.4 Å². The maximum atomic E-state index is 12.7. The summed E-state index contributed by atoms with van der Waals surface area (Å²) in [5, 5.41) is 4.16. The number of rotatable bonds is 5. The van der Waals surface area contributed by atoms with Crippen LogP contribution in [0.4, 0.5) is 0 Å². The van der Waals surface area contributed by atoms with Gasteiger partial charge in [-0.25, -0.2) is 0 Å². The molecule has 0 radical (unpaired) electrons. The molecule has 176 valence electrons. The first kappa shape index (κ1) is 23.2. The molecule has 0 unspecified atom stereocenters. The van der Waals surface area contributed by atoms with Crippen LogP contribution in [0, 0.1) is 13.8 Å². The van der Waals surface area contributed by atoms with Crippen LogP contribution in [0.3, 0.4) is 0 Å². The fourth-order valence-corrected chi connectivity index (χ4v) is 4.54. The van der Waals surface area contributed by atoms with Gasteiger partial charge in [0, 0.05) is 23.1 Å². The summed E-state index contributed by atoms with van der Waals surface area (Å²) in [5.41, 5.74) is 7.69. The number of hydrogen-bond donors (Lipinski definition) is 3. The van der Waals surface area contributed by atoms with Gasteiger partial charge in [0.15, 0.2) is 5.76 Å². The Bertz CT molecular complexity index is 1360. The van der Waals surface area contributed by atoms with Gasteiger partial charge in [-0.2, -0.15) is 18.4 Å². The number of carbonyl (C=O) groups excluding carboxylic acids is 2. The van der Waals surface area contributed by atoms with Gasteiger partial charge < -0.3 is 4.42 Å². The van der Waals surface area contributed by atoms with Gasteiger partial charge >= 0.3 is 5.91 Å². The van der Waals surface area contributed by atoms with E-state index >= 15 is 0 Å². The molecule has 0 aliphatic heterocycles. The van der Waals surface area contributed by atoms with Gasteiger partial charge in [-0.15, -0.1) is 0 Å². The fourth-order valence-electron chi connectivity index (χ4n) is 3.71. The summed E-state index contributed by atoms with van der Waals surface area (Å²) in [6, 6.07) is 14.9. The average Bonchev–Trinajstić information content (AvgIpc) is 3.19. The Hall–Kier alpha value is -3.92. The molecule has 34 heavy (non-hydrogen) atoms. The third kappa shape index (κ3) is 4.86. The molecular weight excluding hydrogens is 456 g/mol. The summed E-state index contributed by atoms with van der Waals surface area (Å²) in [6.45, 7) is 3.57. The minimum Gasteiger partial charge on any atom is -0.455 e. The molecule has 0 spiro atoms. The van der Waals surface area contributed by atoms with Crippen LogP contribution in [0.1, 0.15) is 56.2 Å². The first-order chi connectivity index (χ1) is 16.3. The van der Waals surface area contributed by atoms with Crippen LogP contribution in [0.5, 0.6) is 0 Å². The van der Waals surface area contributed by atoms with Crippen molar-refractivity contribution in [3.63, 3.8) is 0 Å². The van der Waals surface area contributed by atoms with Gasteiger partial charge in [0.1, 0.15) is 5.76 Å². The second kappa shape index (κ2) is 9.52. The van der Waals surface area contributed by atoms with Crippen molar-refractivity contribution < 1.29 is 22.4 Å². The predicted octanol–water partition coefficient (Wildman–Crippen LogP) is 2.99. The molecule has 0 bridgehead atoms. The number of nitrogens with zero attached hydrogens (tertiary/aromatic N) is 1. The molecule has 10 heteroatoms. The van der Waals surface area contributed by atoms with E-state index in [1.165, 1.54) is 12.1 Å². The minimum atomic E-state index is -3.84. The van der Waals surface area contributed by atoms with Gasteiger partial charge in [0.25, 0.3) is 15.9 Å². The lowest BCUT2D eigenvalue weighted by Crippen LogP contribution is -2.41. The molecule has 2 amide bonds. The summed E-state index contributed by atoms with van der Waals surface area (Å²) in [6.07, 6.45) is 1.80. The van der Waals surface area contributed by atoms with Crippen LogP contribution in [0.25, 0.3) is 0 Å². The van der Waals surface area contributed by atoms with Gasteiger partial charge in [-0.1, -0.05) is 35.9 Å². The van der Waals surface area contributed by atoms with E-state index < -0.39 is 21.8 Å². The number of amides is 2. The number of carbonyl (C=O) groups is 2. The van der Waals surface area contributed by atoms with Crippen molar-refractivity contribution in [2.24, 2.45) is 5.10 Å². The van der Waals surface area contributed by atoms with Crippen molar-refractivity contribution in [1.82, 2.24) is 15.7 Å². The number of hydrazone groups is 1. The molecule has 9 nitrogen and oxygen atoms in total. The number of hydrogen-bond acceptors (Lipinski definition) is 6. The first-order valence-electron chi connectivity index (χ1n) is 10.7. The summed E-state index contributed by atoms with van der Waals surface area (Å²) in [4.78, 5) is 27.3. The van der Waals surface area contributed by atoms with E-state index in [1.54, 1.807) is 49.4 Å². The summed E-state index contributed by atoms with van der Waals surface area (Å²) >= 11 is 0. The quantitative estimate of drug-likeness (QED) is 0.484. The molecule has 0 atom stereocenters. The van der Waals surface area contributed by atoms with Crippen LogP contribution >= 0.6 is 0 Å². The SMILES string of the molecule is Cc1ccc(S(=O)(=O)N/N=C2\CCCc3oc(C(=O)NNC(=O)c4ccccc4)c(C)c32)cc1. The van der Waals surface area contributed by atoms with Crippen LogP contribution in [-0.4, -0.2) is 25.9 Å². The number of nitrogens with one attached hydrogen (secondary N) is 3. The Morgan fingerprint density at radius 2 is 1.59 bits per heavy atom. The van der Waals surface area contributed by atoms with E-state index in [-0.39, 0.29) is 10.7 Å². The van der Waals surface area contributed by atoms with Crippen LogP contribution in [-0.2, 0) is 16.4 Å². The highest BCUT2D eigenvalue weighted by Gasteiger charge is 2.28. The Morgan fingerprint density at radius 3 is 2.29 bits per heavy atom. The van der Waals surface area contributed by atoms with Crippen molar-refractivity contribution in [1.29, 1.82) is 0 Å². The third-order valence-corrected chi connectivity index (χ3v) is 6.71. The number of aryl methyl sites for hydroxylation is 2. The first-order valence-corrected chi connectivity index (χ1v) is 12.2. The number of fused-ring (bicyclic) bond motifs is 1. The largest absolute Gasteiger partial charge is 0.455 e. The van der Waals surface area contributed by atoms with E-state index in [1.807, 2.05) is 6.92 Å². The second-order valence-corrected chi connectivity index (χ2v) is 9.61. The highest BCUT2D eigenvalue weighted by molar-refractivity contribution is 7.89. The predicted molar refractivity (Wildman–Crippen MR) is 126 cm³/mol. The molecule has 1 aromatic heterocycles. The summed E-state index contributed by atoms with van der Waals surface area (Å²) in [7, 11) is -3.84. The normalized spacial score (nSPS) is 14.4. The number of hydrazine groups is 1. The Morgan fingerprint density at radius 1 is 0.912 bits per heavy atom. The molecule has 3 aromatic rings. The smallest absolute Gasteiger partial charge is 0.305 e. The van der Waals surface area contributed by atoms with Crippen molar-refractivity contribution in [2.45, 2.75) is 38.0 Å². The lowest BCUT2D eigenvalue weighted by molar-refractivity contribution is 0.0829. The maximum absolute atomic E-state index is 12.7. The van der Waals surface area contributed by atoms with Crippen molar-refractivity contribution in [2.75, 3.05) is 0 Å². The van der Waals surface area contributed by atoms with E-state index in [0.29, 0.717) is 47.4 Å². The standard InChI is InChI=1S/C24H24N4O5S/c1-15-11-13-18(14-12-15)34(31,32)28-25-19-9-6-10-20-21(19)16(2)22(33-20)24(30)27-26-23(29)17-7-4-3-5-8-17/h3-5,7-8,11-14,28H,6,9-10H2,1-2H3,(H,26,29)(H,27,30)/b25-19+.